The fraction of sp³-hybridized carbons (Fsp3) is 0.455. The van der Waals surface area contributed by atoms with Gasteiger partial charge in [-0.1, -0.05) is 44.0 Å². The molecule has 1 aromatic carbocycles. The molecular weight excluding hydrogens is 235 g/mol. The van der Waals surface area contributed by atoms with Gasteiger partial charge in [0.25, 0.3) is 0 Å². The molecule has 1 rings (SSSR count). The van der Waals surface area contributed by atoms with E-state index >= 15 is 0 Å². The Balaban J connectivity index is 3.11. The summed E-state index contributed by atoms with van der Waals surface area (Å²) in [6.45, 7) is 6.31. The van der Waals surface area contributed by atoms with Gasteiger partial charge in [0.1, 0.15) is 0 Å². The Bertz CT molecular complexity index is 298. The Morgan fingerprint density at radius 2 is 1.71 bits per heavy atom. The summed E-state index contributed by atoms with van der Waals surface area (Å²) < 4.78 is 0. The summed E-state index contributed by atoms with van der Waals surface area (Å²) >= 11 is 14.1. The first kappa shape index (κ1) is 12.2. The van der Waals surface area contributed by atoms with Gasteiger partial charge in [-0.3, -0.25) is 0 Å². The Labute approximate surface area is 100.0 Å². The van der Waals surface area contributed by atoms with E-state index in [4.69, 9.17) is 23.2 Å². The largest absolute Gasteiger partial charge is 0.126 e. The van der Waals surface area contributed by atoms with E-state index in [2.05, 4.69) is 20.8 Å². The smallest absolute Gasteiger partial charge is 0.0466 e. The molecule has 0 aromatic heterocycles. The Morgan fingerprint density at radius 3 is 2.07 bits per heavy atom. The minimum atomic E-state index is 0.371. The molecule has 0 fully saturated rings. The van der Waals surface area contributed by atoms with Crippen LogP contribution in [0.1, 0.15) is 32.3 Å². The van der Waals surface area contributed by atoms with E-state index in [9.17, 15) is 0 Å². The van der Waals surface area contributed by atoms with Gasteiger partial charge in [-0.15, -0.1) is 11.8 Å². The van der Waals surface area contributed by atoms with Gasteiger partial charge in [0.2, 0.25) is 0 Å². The maximum atomic E-state index is 6.17. The van der Waals surface area contributed by atoms with Crippen LogP contribution in [-0.2, 0) is 0 Å². The van der Waals surface area contributed by atoms with E-state index in [1.165, 1.54) is 0 Å². The maximum Gasteiger partial charge on any atom is 0.0466 e. The van der Waals surface area contributed by atoms with Gasteiger partial charge in [-0.25, -0.2) is 0 Å². The molecule has 0 N–H and O–H groups in total. The molecule has 0 heterocycles. The molecule has 3 heteroatoms. The monoisotopic (exact) mass is 248 g/mol. The average Bonchev–Trinajstić information content (AvgIpc) is 2.01. The average molecular weight is 249 g/mol. The summed E-state index contributed by atoms with van der Waals surface area (Å²) in [6.07, 6.45) is 0. The standard InChI is InChI=1S/C11H14Cl2S/c1-4-14-8-5-9(12)11(7(2)3)10(13)6-8/h5-7H,4H2,1-3H3. The SMILES string of the molecule is CCSc1cc(Cl)c(C(C)C)c(Cl)c1. The van der Waals surface area contributed by atoms with Crippen LogP contribution in [-0.4, -0.2) is 5.75 Å². The first-order valence-electron chi connectivity index (χ1n) is 4.68. The minimum absolute atomic E-state index is 0.371. The number of halogens is 2. The van der Waals surface area contributed by atoms with E-state index in [0.29, 0.717) is 5.92 Å². The predicted octanol–water partition coefficient (Wildman–Crippen LogP) is 5.23. The number of benzene rings is 1. The highest BCUT2D eigenvalue weighted by molar-refractivity contribution is 7.99. The summed E-state index contributed by atoms with van der Waals surface area (Å²) in [6, 6.07) is 3.99. The summed E-state index contributed by atoms with van der Waals surface area (Å²) in [5, 5.41) is 1.56. The van der Waals surface area contributed by atoms with Gasteiger partial charge in [0.15, 0.2) is 0 Å². The number of thioether (sulfide) groups is 1. The van der Waals surface area contributed by atoms with Crippen molar-refractivity contribution >= 4 is 35.0 Å². The molecule has 0 unspecified atom stereocenters. The van der Waals surface area contributed by atoms with Crippen LogP contribution in [0.3, 0.4) is 0 Å². The highest BCUT2D eigenvalue weighted by atomic mass is 35.5. The van der Waals surface area contributed by atoms with E-state index in [-0.39, 0.29) is 0 Å². The number of rotatable bonds is 3. The molecule has 0 atom stereocenters. The number of hydrogen-bond acceptors (Lipinski definition) is 1. The molecule has 0 aliphatic rings. The summed E-state index contributed by atoms with van der Waals surface area (Å²) in [5.41, 5.74) is 1.05. The number of hydrogen-bond donors (Lipinski definition) is 0. The second-order valence-electron chi connectivity index (χ2n) is 3.39. The molecule has 0 radical (unpaired) electrons. The van der Waals surface area contributed by atoms with Crippen molar-refractivity contribution in [2.24, 2.45) is 0 Å². The topological polar surface area (TPSA) is 0 Å². The van der Waals surface area contributed by atoms with Gasteiger partial charge < -0.3 is 0 Å². The lowest BCUT2D eigenvalue weighted by Crippen LogP contribution is -1.91. The minimum Gasteiger partial charge on any atom is -0.126 e. The highest BCUT2D eigenvalue weighted by Crippen LogP contribution is 2.35. The molecule has 0 nitrogen and oxygen atoms in total. The highest BCUT2D eigenvalue weighted by Gasteiger charge is 2.11. The van der Waals surface area contributed by atoms with E-state index in [1.807, 2.05) is 12.1 Å². The summed E-state index contributed by atoms with van der Waals surface area (Å²) in [4.78, 5) is 1.15. The van der Waals surface area contributed by atoms with Crippen molar-refractivity contribution in [2.45, 2.75) is 31.6 Å². The first-order chi connectivity index (χ1) is 6.56. The molecule has 0 spiro atoms. The summed E-state index contributed by atoms with van der Waals surface area (Å²) in [7, 11) is 0. The molecule has 1 aromatic rings. The van der Waals surface area contributed by atoms with Gasteiger partial charge >= 0.3 is 0 Å². The predicted molar refractivity (Wildman–Crippen MR) is 66.9 cm³/mol. The molecular formula is C11H14Cl2S. The third kappa shape index (κ3) is 2.82. The second kappa shape index (κ2) is 5.29. The van der Waals surface area contributed by atoms with Crippen molar-refractivity contribution in [1.82, 2.24) is 0 Å². The van der Waals surface area contributed by atoms with E-state index in [1.54, 1.807) is 11.8 Å². The maximum absolute atomic E-state index is 6.17. The van der Waals surface area contributed by atoms with Gasteiger partial charge in [-0.2, -0.15) is 0 Å². The summed E-state index contributed by atoms with van der Waals surface area (Å²) in [5.74, 6) is 1.41. The molecule has 0 bridgehead atoms. The van der Waals surface area contributed by atoms with Crippen LogP contribution < -0.4 is 0 Å². The lowest BCUT2D eigenvalue weighted by molar-refractivity contribution is 0.865. The molecule has 78 valence electrons. The third-order valence-corrected chi connectivity index (χ3v) is 3.42. The molecule has 0 saturated heterocycles. The zero-order valence-corrected chi connectivity index (χ0v) is 10.9. The fourth-order valence-corrected chi connectivity index (χ4v) is 3.15. The molecule has 0 aliphatic carbocycles. The van der Waals surface area contributed by atoms with Crippen molar-refractivity contribution in [3.63, 3.8) is 0 Å². The third-order valence-electron chi connectivity index (χ3n) is 1.94. The van der Waals surface area contributed by atoms with E-state index in [0.717, 1.165) is 26.3 Å². The van der Waals surface area contributed by atoms with Crippen LogP contribution in [0.5, 0.6) is 0 Å². The van der Waals surface area contributed by atoms with Crippen molar-refractivity contribution < 1.29 is 0 Å². The second-order valence-corrected chi connectivity index (χ2v) is 5.54. The van der Waals surface area contributed by atoms with Crippen molar-refractivity contribution in [2.75, 3.05) is 5.75 Å². The van der Waals surface area contributed by atoms with Crippen LogP contribution in [0.2, 0.25) is 10.0 Å². The Kier molecular flexibility index (Phi) is 4.62. The quantitative estimate of drug-likeness (QED) is 0.661. The van der Waals surface area contributed by atoms with Crippen LogP contribution in [0.15, 0.2) is 17.0 Å². The fourth-order valence-electron chi connectivity index (χ4n) is 1.36. The molecule has 14 heavy (non-hydrogen) atoms. The van der Waals surface area contributed by atoms with Gasteiger partial charge in [-0.05, 0) is 29.4 Å². The Hall–Kier alpha value is 0.150. The van der Waals surface area contributed by atoms with Crippen LogP contribution >= 0.6 is 35.0 Å². The van der Waals surface area contributed by atoms with Gasteiger partial charge in [0, 0.05) is 14.9 Å². The van der Waals surface area contributed by atoms with E-state index < -0.39 is 0 Å². The van der Waals surface area contributed by atoms with Crippen molar-refractivity contribution in [1.29, 1.82) is 0 Å². The zero-order chi connectivity index (χ0) is 10.7. The lowest BCUT2D eigenvalue weighted by atomic mass is 10.0. The van der Waals surface area contributed by atoms with Crippen LogP contribution in [0, 0.1) is 0 Å². The van der Waals surface area contributed by atoms with Crippen LogP contribution in [0.25, 0.3) is 0 Å². The first-order valence-corrected chi connectivity index (χ1v) is 6.42. The Morgan fingerprint density at radius 1 is 1.21 bits per heavy atom. The lowest BCUT2D eigenvalue weighted by Gasteiger charge is -2.12. The molecule has 0 aliphatic heterocycles. The van der Waals surface area contributed by atoms with Crippen molar-refractivity contribution in [3.05, 3.63) is 27.7 Å². The van der Waals surface area contributed by atoms with Crippen LogP contribution in [0.4, 0.5) is 0 Å². The van der Waals surface area contributed by atoms with Gasteiger partial charge in [0.05, 0.1) is 0 Å². The normalized spacial score (nSPS) is 11.0. The zero-order valence-electron chi connectivity index (χ0n) is 8.60. The molecule has 0 saturated carbocycles. The molecule has 0 amide bonds. The van der Waals surface area contributed by atoms with Crippen molar-refractivity contribution in [3.8, 4) is 0 Å².